The zero-order valence-corrected chi connectivity index (χ0v) is 12.0. The van der Waals surface area contributed by atoms with Crippen LogP contribution in [-0.4, -0.2) is 24.3 Å². The van der Waals surface area contributed by atoms with Crippen LogP contribution in [0.3, 0.4) is 0 Å². The summed E-state index contributed by atoms with van der Waals surface area (Å²) in [6, 6.07) is 1.93. The van der Waals surface area contributed by atoms with Crippen LogP contribution < -0.4 is 15.2 Å². The van der Waals surface area contributed by atoms with Gasteiger partial charge >= 0.3 is 5.97 Å². The highest BCUT2D eigenvalue weighted by atomic mass is 35.5. The number of halogens is 1. The number of ether oxygens (including phenoxy) is 2. The number of nitrogens with two attached hydrogens (primary N) is 1. The number of rotatable bonds is 5. The first-order chi connectivity index (χ1) is 9.52. The van der Waals surface area contributed by atoms with Gasteiger partial charge in [0.25, 0.3) is 0 Å². The molecule has 0 amide bonds. The van der Waals surface area contributed by atoms with Gasteiger partial charge in [0.15, 0.2) is 11.5 Å². The van der Waals surface area contributed by atoms with Crippen LogP contribution in [0.4, 0.5) is 0 Å². The fourth-order valence-electron chi connectivity index (χ4n) is 2.40. The third kappa shape index (κ3) is 3.16. The molecule has 0 saturated heterocycles. The third-order valence-corrected chi connectivity index (χ3v) is 3.67. The summed E-state index contributed by atoms with van der Waals surface area (Å²) >= 11 is 5.98. The number of carboxylic acids is 1. The molecule has 1 unspecified atom stereocenters. The van der Waals surface area contributed by atoms with Gasteiger partial charge in [-0.3, -0.25) is 4.79 Å². The minimum absolute atomic E-state index is 0.0739. The highest BCUT2D eigenvalue weighted by Crippen LogP contribution is 2.39. The largest absolute Gasteiger partial charge is 0.493 e. The molecule has 3 N–H and O–H groups in total. The summed E-state index contributed by atoms with van der Waals surface area (Å²) in [4.78, 5) is 11.1. The highest BCUT2D eigenvalue weighted by molar-refractivity contribution is 6.30. The van der Waals surface area contributed by atoms with Crippen molar-refractivity contribution < 1.29 is 19.4 Å². The summed E-state index contributed by atoms with van der Waals surface area (Å²) in [6.45, 7) is 0. The first-order valence-electron chi connectivity index (χ1n) is 6.55. The summed E-state index contributed by atoms with van der Waals surface area (Å²) in [5.41, 5.74) is 6.05. The normalized spacial score (nSPS) is 16.9. The van der Waals surface area contributed by atoms with E-state index in [0.29, 0.717) is 22.1 Å². The monoisotopic (exact) mass is 299 g/mol. The zero-order chi connectivity index (χ0) is 14.7. The molecule has 20 heavy (non-hydrogen) atoms. The predicted molar refractivity (Wildman–Crippen MR) is 75.5 cm³/mol. The van der Waals surface area contributed by atoms with Crippen molar-refractivity contribution in [1.82, 2.24) is 0 Å². The summed E-state index contributed by atoms with van der Waals surface area (Å²) in [6.07, 6.45) is 4.20. The van der Waals surface area contributed by atoms with Crippen molar-refractivity contribution in [2.45, 2.75) is 37.8 Å². The second kappa shape index (κ2) is 6.33. The second-order valence-corrected chi connectivity index (χ2v) is 5.30. The number of hydrogen-bond acceptors (Lipinski definition) is 4. The maximum absolute atomic E-state index is 11.1. The number of methoxy groups -OCH3 is 1. The number of aliphatic carboxylic acids is 1. The van der Waals surface area contributed by atoms with Gasteiger partial charge in [0, 0.05) is 16.7 Å². The number of carbonyl (C=O) groups is 1. The van der Waals surface area contributed by atoms with E-state index < -0.39 is 12.0 Å². The van der Waals surface area contributed by atoms with Crippen molar-refractivity contribution >= 4 is 17.6 Å². The average molecular weight is 300 g/mol. The molecule has 6 heteroatoms. The van der Waals surface area contributed by atoms with Crippen molar-refractivity contribution in [3.8, 4) is 11.5 Å². The highest BCUT2D eigenvalue weighted by Gasteiger charge is 2.26. The van der Waals surface area contributed by atoms with E-state index in [1.807, 2.05) is 0 Å². The van der Waals surface area contributed by atoms with E-state index in [1.165, 1.54) is 13.2 Å². The lowest BCUT2D eigenvalue weighted by atomic mass is 10.1. The Morgan fingerprint density at radius 2 is 2.10 bits per heavy atom. The molecule has 1 saturated carbocycles. The van der Waals surface area contributed by atoms with Crippen LogP contribution in [0.1, 0.15) is 37.3 Å². The molecule has 1 aliphatic rings. The molecule has 2 rings (SSSR count). The van der Waals surface area contributed by atoms with E-state index in [9.17, 15) is 4.79 Å². The lowest BCUT2D eigenvalue weighted by Gasteiger charge is -2.21. The Bertz CT molecular complexity index is 500. The van der Waals surface area contributed by atoms with E-state index in [2.05, 4.69) is 0 Å². The number of benzene rings is 1. The first-order valence-corrected chi connectivity index (χ1v) is 6.93. The quantitative estimate of drug-likeness (QED) is 0.873. The molecule has 1 atom stereocenters. The molecule has 0 aromatic heterocycles. The molecule has 1 aromatic carbocycles. The first kappa shape index (κ1) is 14.9. The molecule has 110 valence electrons. The van der Waals surface area contributed by atoms with Crippen molar-refractivity contribution in [3.63, 3.8) is 0 Å². The lowest BCUT2D eigenvalue weighted by molar-refractivity contribution is -0.138. The van der Waals surface area contributed by atoms with Crippen molar-refractivity contribution in [2.24, 2.45) is 5.73 Å². The minimum atomic E-state index is -1.20. The van der Waals surface area contributed by atoms with Gasteiger partial charge < -0.3 is 20.3 Å². The molecule has 0 radical (unpaired) electrons. The molecule has 0 bridgehead atoms. The molecule has 5 nitrogen and oxygen atoms in total. The fraction of sp³-hybridized carbons (Fsp3) is 0.500. The van der Waals surface area contributed by atoms with Gasteiger partial charge in [-0.05, 0) is 31.7 Å². The third-order valence-electron chi connectivity index (χ3n) is 3.46. The lowest BCUT2D eigenvalue weighted by Crippen LogP contribution is -2.23. The Morgan fingerprint density at radius 3 is 2.65 bits per heavy atom. The van der Waals surface area contributed by atoms with E-state index in [0.717, 1.165) is 25.7 Å². The topological polar surface area (TPSA) is 81.8 Å². The molecular formula is C14H18ClNO4. The molecule has 1 aliphatic carbocycles. The van der Waals surface area contributed by atoms with Gasteiger partial charge in [-0.1, -0.05) is 11.6 Å². The Hall–Kier alpha value is -1.46. The molecule has 0 aliphatic heterocycles. The average Bonchev–Trinajstić information content (AvgIpc) is 2.92. The van der Waals surface area contributed by atoms with Crippen molar-refractivity contribution in [3.05, 3.63) is 22.7 Å². The smallest absolute Gasteiger partial charge is 0.325 e. The maximum atomic E-state index is 11.1. The van der Waals surface area contributed by atoms with Gasteiger partial charge in [-0.15, -0.1) is 0 Å². The Morgan fingerprint density at radius 1 is 1.45 bits per heavy atom. The molecular weight excluding hydrogens is 282 g/mol. The Balaban J connectivity index is 2.40. The van der Waals surface area contributed by atoms with Gasteiger partial charge in [-0.25, -0.2) is 0 Å². The molecule has 1 aromatic rings. The van der Waals surface area contributed by atoms with Gasteiger partial charge in [0.2, 0.25) is 0 Å². The number of hydrogen-bond donors (Lipinski definition) is 2. The van der Waals surface area contributed by atoms with Crippen LogP contribution >= 0.6 is 11.6 Å². The van der Waals surface area contributed by atoms with Gasteiger partial charge in [0.05, 0.1) is 13.2 Å². The van der Waals surface area contributed by atoms with Crippen LogP contribution in [0.2, 0.25) is 5.02 Å². The van der Waals surface area contributed by atoms with E-state index in [1.54, 1.807) is 6.07 Å². The maximum Gasteiger partial charge on any atom is 0.325 e. The van der Waals surface area contributed by atoms with Crippen LogP contribution in [0.5, 0.6) is 11.5 Å². The standard InChI is InChI=1S/C14H18ClNO4/c1-19-11-7-8(15)6-10(12(16)14(17)18)13(11)20-9-4-2-3-5-9/h6-7,9,12H,2-5,16H2,1H3,(H,17,18). The Kier molecular flexibility index (Phi) is 4.73. The van der Waals surface area contributed by atoms with E-state index in [4.69, 9.17) is 31.9 Å². The van der Waals surface area contributed by atoms with Gasteiger partial charge in [0.1, 0.15) is 6.04 Å². The predicted octanol–water partition coefficient (Wildman–Crippen LogP) is 2.75. The molecule has 1 fully saturated rings. The summed E-state index contributed by atoms with van der Waals surface area (Å²) in [7, 11) is 1.49. The van der Waals surface area contributed by atoms with Crippen LogP contribution in [0.25, 0.3) is 0 Å². The zero-order valence-electron chi connectivity index (χ0n) is 11.3. The summed E-state index contributed by atoms with van der Waals surface area (Å²) < 4.78 is 11.2. The summed E-state index contributed by atoms with van der Waals surface area (Å²) in [5, 5.41) is 9.48. The van der Waals surface area contributed by atoms with Gasteiger partial charge in [-0.2, -0.15) is 0 Å². The van der Waals surface area contributed by atoms with E-state index in [-0.39, 0.29) is 6.10 Å². The molecule has 0 spiro atoms. The Labute approximate surface area is 122 Å². The van der Waals surface area contributed by atoms with Crippen molar-refractivity contribution in [1.29, 1.82) is 0 Å². The minimum Gasteiger partial charge on any atom is -0.493 e. The molecule has 0 heterocycles. The number of carboxylic acid groups (broad SMARTS) is 1. The fourth-order valence-corrected chi connectivity index (χ4v) is 2.62. The SMILES string of the molecule is COc1cc(Cl)cc(C(N)C(=O)O)c1OC1CCCC1. The summed E-state index contributed by atoms with van der Waals surface area (Å²) in [5.74, 6) is -0.333. The van der Waals surface area contributed by atoms with Crippen LogP contribution in [-0.2, 0) is 4.79 Å². The van der Waals surface area contributed by atoms with Crippen LogP contribution in [0.15, 0.2) is 12.1 Å². The van der Waals surface area contributed by atoms with Crippen molar-refractivity contribution in [2.75, 3.05) is 7.11 Å². The van der Waals surface area contributed by atoms with Crippen LogP contribution in [0, 0.1) is 0 Å². The van der Waals surface area contributed by atoms with E-state index >= 15 is 0 Å². The second-order valence-electron chi connectivity index (χ2n) is 4.87.